The smallest absolute Gasteiger partial charge is 0.0480 e. The molecule has 13 heavy (non-hydrogen) atoms. The van der Waals surface area contributed by atoms with E-state index in [-0.39, 0.29) is 0 Å². The molecule has 0 radical (unpaired) electrons. The molecule has 0 N–H and O–H groups in total. The molecule has 1 aliphatic carbocycles. The minimum atomic E-state index is 0.718. The van der Waals surface area contributed by atoms with Crippen molar-refractivity contribution < 1.29 is 4.74 Å². The summed E-state index contributed by atoms with van der Waals surface area (Å²) in [4.78, 5) is 2.72. The van der Waals surface area contributed by atoms with Crippen LogP contribution in [0.5, 0.6) is 0 Å². The summed E-state index contributed by atoms with van der Waals surface area (Å²) in [5.74, 6) is 0. The van der Waals surface area contributed by atoms with E-state index in [4.69, 9.17) is 4.74 Å². The van der Waals surface area contributed by atoms with Crippen molar-refractivity contribution in [3.63, 3.8) is 0 Å². The fourth-order valence-electron chi connectivity index (χ4n) is 2.50. The third-order valence-corrected chi connectivity index (χ3v) is 3.18. The summed E-state index contributed by atoms with van der Waals surface area (Å²) in [5.41, 5.74) is 0. The minimum absolute atomic E-state index is 0.718. The van der Waals surface area contributed by atoms with Gasteiger partial charge in [-0.1, -0.05) is 0 Å². The number of nitrogens with zero attached hydrogens (tertiary/aromatic N) is 1. The van der Waals surface area contributed by atoms with Gasteiger partial charge in [0.15, 0.2) is 0 Å². The molecule has 0 unspecified atom stereocenters. The molecule has 2 fully saturated rings. The van der Waals surface area contributed by atoms with Crippen LogP contribution in [-0.4, -0.2) is 36.2 Å². The highest BCUT2D eigenvalue weighted by atomic mass is 16.5. The van der Waals surface area contributed by atoms with Gasteiger partial charge in [0, 0.05) is 31.3 Å². The van der Waals surface area contributed by atoms with Gasteiger partial charge >= 0.3 is 0 Å². The fourth-order valence-corrected chi connectivity index (χ4v) is 2.50. The Hall–Kier alpha value is -0.0800. The second kappa shape index (κ2) is 3.97. The predicted molar refractivity (Wildman–Crippen MR) is 53.8 cm³/mol. The quantitative estimate of drug-likeness (QED) is 0.664. The van der Waals surface area contributed by atoms with E-state index < -0.39 is 0 Å². The first kappa shape index (κ1) is 9.47. The maximum absolute atomic E-state index is 5.40. The average Bonchev–Trinajstić information content (AvgIpc) is 2.90. The van der Waals surface area contributed by atoms with Gasteiger partial charge in [0.25, 0.3) is 0 Å². The normalized spacial score (nSPS) is 25.8. The van der Waals surface area contributed by atoms with Crippen LogP contribution in [0.4, 0.5) is 0 Å². The molecule has 2 nitrogen and oxygen atoms in total. The lowest BCUT2D eigenvalue weighted by molar-refractivity contribution is 0.0187. The molecule has 0 aromatic carbocycles. The van der Waals surface area contributed by atoms with E-state index in [1.54, 1.807) is 0 Å². The molecule has 76 valence electrons. The van der Waals surface area contributed by atoms with Gasteiger partial charge < -0.3 is 4.74 Å². The van der Waals surface area contributed by atoms with Crippen molar-refractivity contribution in [2.24, 2.45) is 0 Å². The molecular weight excluding hydrogens is 162 g/mol. The molecule has 1 saturated heterocycles. The Balaban J connectivity index is 1.92. The third kappa shape index (κ3) is 2.23. The van der Waals surface area contributed by atoms with Crippen LogP contribution in [0.1, 0.15) is 39.5 Å². The Morgan fingerprint density at radius 1 is 1.00 bits per heavy atom. The van der Waals surface area contributed by atoms with E-state index in [9.17, 15) is 0 Å². The lowest BCUT2D eigenvalue weighted by atomic mass is 10.1. The standard InChI is InChI=1S/C11H21NO/c1-9(2)12(10-3-4-10)11-5-7-13-8-6-11/h9-11H,3-8H2,1-2H3. The van der Waals surface area contributed by atoms with Crippen molar-refractivity contribution in [2.45, 2.75) is 57.7 Å². The lowest BCUT2D eigenvalue weighted by Gasteiger charge is -2.37. The summed E-state index contributed by atoms with van der Waals surface area (Å²) in [6, 6.07) is 2.43. The molecule has 0 bridgehead atoms. The summed E-state index contributed by atoms with van der Waals surface area (Å²) in [7, 11) is 0. The van der Waals surface area contributed by atoms with Gasteiger partial charge in [-0.3, -0.25) is 4.90 Å². The van der Waals surface area contributed by atoms with Crippen LogP contribution in [0, 0.1) is 0 Å². The Kier molecular flexibility index (Phi) is 2.89. The van der Waals surface area contributed by atoms with E-state index >= 15 is 0 Å². The molecular formula is C11H21NO. The summed E-state index contributed by atoms with van der Waals surface area (Å²) in [6.45, 7) is 6.60. The maximum Gasteiger partial charge on any atom is 0.0480 e. The molecule has 0 atom stereocenters. The first-order chi connectivity index (χ1) is 6.29. The lowest BCUT2D eigenvalue weighted by Crippen LogP contribution is -2.44. The molecule has 0 amide bonds. The Morgan fingerprint density at radius 2 is 1.54 bits per heavy atom. The van der Waals surface area contributed by atoms with Crippen molar-refractivity contribution >= 4 is 0 Å². The van der Waals surface area contributed by atoms with Crippen molar-refractivity contribution in [3.05, 3.63) is 0 Å². The molecule has 0 aromatic heterocycles. The van der Waals surface area contributed by atoms with Gasteiger partial charge in [-0.15, -0.1) is 0 Å². The monoisotopic (exact) mass is 183 g/mol. The van der Waals surface area contributed by atoms with Crippen molar-refractivity contribution in [2.75, 3.05) is 13.2 Å². The van der Waals surface area contributed by atoms with Crippen molar-refractivity contribution in [1.29, 1.82) is 0 Å². The van der Waals surface area contributed by atoms with Gasteiger partial charge in [0.2, 0.25) is 0 Å². The molecule has 1 saturated carbocycles. The largest absolute Gasteiger partial charge is 0.381 e. The van der Waals surface area contributed by atoms with Crippen LogP contribution >= 0.6 is 0 Å². The first-order valence-electron chi connectivity index (χ1n) is 5.64. The highest BCUT2D eigenvalue weighted by Gasteiger charge is 2.35. The zero-order valence-electron chi connectivity index (χ0n) is 8.83. The average molecular weight is 183 g/mol. The molecule has 2 rings (SSSR count). The first-order valence-corrected chi connectivity index (χ1v) is 5.64. The van der Waals surface area contributed by atoms with E-state index in [2.05, 4.69) is 18.7 Å². The summed E-state index contributed by atoms with van der Waals surface area (Å²) in [5, 5.41) is 0. The van der Waals surface area contributed by atoms with Crippen LogP contribution in [0.3, 0.4) is 0 Å². The van der Waals surface area contributed by atoms with E-state index in [0.717, 1.165) is 31.3 Å². The van der Waals surface area contributed by atoms with Gasteiger partial charge in [-0.25, -0.2) is 0 Å². The van der Waals surface area contributed by atoms with Gasteiger partial charge in [0.1, 0.15) is 0 Å². The van der Waals surface area contributed by atoms with Crippen LogP contribution in [0.25, 0.3) is 0 Å². The fraction of sp³-hybridized carbons (Fsp3) is 1.00. The highest BCUT2D eigenvalue weighted by molar-refractivity contribution is 4.91. The minimum Gasteiger partial charge on any atom is -0.381 e. The van der Waals surface area contributed by atoms with Crippen LogP contribution in [-0.2, 0) is 4.74 Å². The number of hydrogen-bond acceptors (Lipinski definition) is 2. The van der Waals surface area contributed by atoms with Gasteiger partial charge in [-0.2, -0.15) is 0 Å². The maximum atomic E-state index is 5.40. The molecule has 2 heteroatoms. The zero-order valence-corrected chi connectivity index (χ0v) is 8.83. The van der Waals surface area contributed by atoms with Crippen LogP contribution < -0.4 is 0 Å². The molecule has 1 aliphatic heterocycles. The summed E-state index contributed by atoms with van der Waals surface area (Å²) >= 11 is 0. The Labute approximate surface area is 81.3 Å². The van der Waals surface area contributed by atoms with Gasteiger partial charge in [-0.05, 0) is 39.5 Å². The third-order valence-electron chi connectivity index (χ3n) is 3.18. The van der Waals surface area contributed by atoms with Crippen LogP contribution in [0.2, 0.25) is 0 Å². The number of ether oxygens (including phenoxy) is 1. The predicted octanol–water partition coefficient (Wildman–Crippen LogP) is 2.04. The molecule has 1 heterocycles. The molecule has 2 aliphatic rings. The van der Waals surface area contributed by atoms with E-state index in [1.807, 2.05) is 0 Å². The van der Waals surface area contributed by atoms with Crippen LogP contribution in [0.15, 0.2) is 0 Å². The molecule has 0 spiro atoms. The van der Waals surface area contributed by atoms with Crippen molar-refractivity contribution in [3.8, 4) is 0 Å². The second-order valence-corrected chi connectivity index (χ2v) is 4.62. The topological polar surface area (TPSA) is 12.5 Å². The zero-order chi connectivity index (χ0) is 9.26. The number of rotatable bonds is 3. The molecule has 0 aromatic rings. The Morgan fingerprint density at radius 3 is 2.00 bits per heavy atom. The summed E-state index contributed by atoms with van der Waals surface area (Å²) < 4.78 is 5.40. The Bertz CT molecular complexity index is 157. The van der Waals surface area contributed by atoms with E-state index in [1.165, 1.54) is 25.7 Å². The number of hydrogen-bond donors (Lipinski definition) is 0. The summed E-state index contributed by atoms with van der Waals surface area (Å²) in [6.07, 6.45) is 5.34. The SMILES string of the molecule is CC(C)N(C1CCOCC1)C1CC1. The highest BCUT2D eigenvalue weighted by Crippen LogP contribution is 2.33. The van der Waals surface area contributed by atoms with E-state index in [0.29, 0.717) is 0 Å². The second-order valence-electron chi connectivity index (χ2n) is 4.62. The van der Waals surface area contributed by atoms with Crippen molar-refractivity contribution in [1.82, 2.24) is 4.90 Å². The van der Waals surface area contributed by atoms with Gasteiger partial charge in [0.05, 0.1) is 0 Å².